The van der Waals surface area contributed by atoms with E-state index in [-0.39, 0.29) is 5.56 Å². The Balaban J connectivity index is 2.54. The number of hydrogen-bond donors (Lipinski definition) is 1. The molecule has 0 bridgehead atoms. The second-order valence-corrected chi connectivity index (χ2v) is 4.21. The van der Waals surface area contributed by atoms with Gasteiger partial charge in [0.1, 0.15) is 0 Å². The smallest absolute Gasteiger partial charge is 0.416 e. The molecule has 0 fully saturated rings. The molecule has 6 heteroatoms. The fourth-order valence-corrected chi connectivity index (χ4v) is 1.84. The Morgan fingerprint density at radius 1 is 1.10 bits per heavy atom. The summed E-state index contributed by atoms with van der Waals surface area (Å²) in [6.07, 6.45) is 0.130. The zero-order valence-electron chi connectivity index (χ0n) is 10.6. The summed E-state index contributed by atoms with van der Waals surface area (Å²) in [5.74, 6) is -1.31. The van der Waals surface area contributed by atoms with Gasteiger partial charge < -0.3 is 5.11 Å². The average Bonchev–Trinajstić information content (AvgIpc) is 2.44. The SMILES string of the molecule is O=C(O)/C=C/c1cc(-c2ccncc2)ccc1C(F)(F)F. The molecular weight excluding hydrogens is 283 g/mol. The summed E-state index contributed by atoms with van der Waals surface area (Å²) in [7, 11) is 0. The molecule has 0 saturated heterocycles. The van der Waals surface area contributed by atoms with Gasteiger partial charge >= 0.3 is 12.1 Å². The van der Waals surface area contributed by atoms with Crippen LogP contribution in [0.2, 0.25) is 0 Å². The van der Waals surface area contributed by atoms with Gasteiger partial charge in [-0.1, -0.05) is 6.07 Å². The van der Waals surface area contributed by atoms with Gasteiger partial charge in [0, 0.05) is 18.5 Å². The number of alkyl halides is 3. The molecule has 3 nitrogen and oxygen atoms in total. The molecule has 21 heavy (non-hydrogen) atoms. The third kappa shape index (κ3) is 3.68. The number of halogens is 3. The van der Waals surface area contributed by atoms with Gasteiger partial charge in [0.05, 0.1) is 5.56 Å². The Morgan fingerprint density at radius 3 is 2.33 bits per heavy atom. The first kappa shape index (κ1) is 14.8. The predicted molar refractivity (Wildman–Crippen MR) is 71.3 cm³/mol. The molecule has 0 radical (unpaired) electrons. The summed E-state index contributed by atoms with van der Waals surface area (Å²) in [4.78, 5) is 14.4. The van der Waals surface area contributed by atoms with Crippen molar-refractivity contribution >= 4 is 12.0 Å². The number of hydrogen-bond acceptors (Lipinski definition) is 2. The molecule has 1 N–H and O–H groups in total. The Hall–Kier alpha value is -2.63. The second-order valence-electron chi connectivity index (χ2n) is 4.21. The number of carbonyl (C=O) groups is 1. The van der Waals surface area contributed by atoms with Crippen LogP contribution in [-0.4, -0.2) is 16.1 Å². The summed E-state index contributed by atoms with van der Waals surface area (Å²) in [6, 6.07) is 6.91. The standard InChI is InChI=1S/C15H10F3NO2/c16-15(17,18)13-3-1-11(10-5-7-19-8-6-10)9-12(13)2-4-14(20)21/h1-9H,(H,20,21)/b4-2+. The van der Waals surface area contributed by atoms with Crippen LogP contribution < -0.4 is 0 Å². The lowest BCUT2D eigenvalue weighted by Crippen LogP contribution is -2.07. The molecule has 108 valence electrons. The van der Waals surface area contributed by atoms with Gasteiger partial charge in [-0.25, -0.2) is 4.79 Å². The molecule has 2 aromatic rings. The molecule has 0 amide bonds. The number of aliphatic carboxylic acids is 1. The van der Waals surface area contributed by atoms with Crippen molar-refractivity contribution in [1.29, 1.82) is 0 Å². The Labute approximate surface area is 118 Å². The van der Waals surface area contributed by atoms with Gasteiger partial charge in [-0.15, -0.1) is 0 Å². The molecule has 0 saturated carbocycles. The van der Waals surface area contributed by atoms with E-state index in [1.165, 1.54) is 24.5 Å². The predicted octanol–water partition coefficient (Wildman–Crippen LogP) is 3.87. The van der Waals surface area contributed by atoms with E-state index in [4.69, 9.17) is 5.11 Å². The van der Waals surface area contributed by atoms with Crippen LogP contribution in [0.4, 0.5) is 13.2 Å². The minimum Gasteiger partial charge on any atom is -0.478 e. The van der Waals surface area contributed by atoms with Crippen molar-refractivity contribution in [3.63, 3.8) is 0 Å². The zero-order chi connectivity index (χ0) is 15.5. The molecule has 0 aliphatic rings. The maximum absolute atomic E-state index is 12.9. The summed E-state index contributed by atoms with van der Waals surface area (Å²) in [5.41, 5.74) is 0.177. The van der Waals surface area contributed by atoms with E-state index in [1.807, 2.05) is 0 Å². The van der Waals surface area contributed by atoms with Crippen molar-refractivity contribution in [3.8, 4) is 11.1 Å². The lowest BCUT2D eigenvalue weighted by Gasteiger charge is -2.12. The highest BCUT2D eigenvalue weighted by molar-refractivity contribution is 5.86. The average molecular weight is 293 g/mol. The van der Waals surface area contributed by atoms with Gasteiger partial charge in [-0.3, -0.25) is 4.98 Å². The van der Waals surface area contributed by atoms with Crippen molar-refractivity contribution in [3.05, 3.63) is 59.9 Å². The Bertz CT molecular complexity index is 679. The van der Waals surface area contributed by atoms with E-state index in [0.717, 1.165) is 12.1 Å². The van der Waals surface area contributed by atoms with Gasteiger partial charge in [0.15, 0.2) is 0 Å². The van der Waals surface area contributed by atoms with Crippen LogP contribution in [0.25, 0.3) is 17.2 Å². The minimum absolute atomic E-state index is 0.195. The number of rotatable bonds is 3. The van der Waals surface area contributed by atoms with Crippen LogP contribution in [-0.2, 0) is 11.0 Å². The highest BCUT2D eigenvalue weighted by atomic mass is 19.4. The maximum Gasteiger partial charge on any atom is 0.416 e. The second kappa shape index (κ2) is 5.78. The van der Waals surface area contributed by atoms with Crippen LogP contribution in [0.3, 0.4) is 0 Å². The summed E-state index contributed by atoms with van der Waals surface area (Å²) in [5, 5.41) is 8.58. The van der Waals surface area contributed by atoms with Crippen molar-refractivity contribution in [2.24, 2.45) is 0 Å². The van der Waals surface area contributed by atoms with Crippen LogP contribution in [0.5, 0.6) is 0 Å². The van der Waals surface area contributed by atoms with E-state index in [1.54, 1.807) is 12.1 Å². The maximum atomic E-state index is 12.9. The van der Waals surface area contributed by atoms with Crippen LogP contribution in [0.15, 0.2) is 48.8 Å². The van der Waals surface area contributed by atoms with Crippen molar-refractivity contribution in [2.75, 3.05) is 0 Å². The molecular formula is C15H10F3NO2. The molecule has 0 aliphatic carbocycles. The molecule has 1 heterocycles. The molecule has 2 rings (SSSR count). The number of aromatic nitrogens is 1. The van der Waals surface area contributed by atoms with Crippen LogP contribution >= 0.6 is 0 Å². The highest BCUT2D eigenvalue weighted by Gasteiger charge is 2.32. The van der Waals surface area contributed by atoms with E-state index in [9.17, 15) is 18.0 Å². The molecule has 1 aromatic heterocycles. The van der Waals surface area contributed by atoms with E-state index in [0.29, 0.717) is 17.2 Å². The van der Waals surface area contributed by atoms with Crippen molar-refractivity contribution < 1.29 is 23.1 Å². The van der Waals surface area contributed by atoms with Crippen molar-refractivity contribution in [1.82, 2.24) is 4.98 Å². The van der Waals surface area contributed by atoms with Crippen molar-refractivity contribution in [2.45, 2.75) is 6.18 Å². The third-order valence-corrected chi connectivity index (χ3v) is 2.78. The lowest BCUT2D eigenvalue weighted by molar-refractivity contribution is -0.138. The van der Waals surface area contributed by atoms with Crippen LogP contribution in [0.1, 0.15) is 11.1 Å². The molecule has 0 aliphatic heterocycles. The molecule has 0 spiro atoms. The van der Waals surface area contributed by atoms with Crippen LogP contribution in [0, 0.1) is 0 Å². The Morgan fingerprint density at radius 2 is 1.76 bits per heavy atom. The van der Waals surface area contributed by atoms with E-state index < -0.39 is 17.7 Å². The summed E-state index contributed by atoms with van der Waals surface area (Å²) >= 11 is 0. The number of carboxylic acid groups (broad SMARTS) is 1. The zero-order valence-corrected chi connectivity index (χ0v) is 10.6. The first-order valence-electron chi connectivity index (χ1n) is 5.90. The quantitative estimate of drug-likeness (QED) is 0.874. The largest absolute Gasteiger partial charge is 0.478 e. The first-order chi connectivity index (χ1) is 9.88. The van der Waals surface area contributed by atoms with E-state index >= 15 is 0 Å². The lowest BCUT2D eigenvalue weighted by atomic mass is 9.99. The number of carboxylic acids is 1. The fraction of sp³-hybridized carbons (Fsp3) is 0.0667. The molecule has 0 atom stereocenters. The number of pyridine rings is 1. The number of benzene rings is 1. The van der Waals surface area contributed by atoms with Gasteiger partial charge in [-0.2, -0.15) is 13.2 Å². The Kier molecular flexibility index (Phi) is 4.07. The van der Waals surface area contributed by atoms with Gasteiger partial charge in [-0.05, 0) is 47.0 Å². The fourth-order valence-electron chi connectivity index (χ4n) is 1.84. The molecule has 1 aromatic carbocycles. The highest BCUT2D eigenvalue weighted by Crippen LogP contribution is 2.34. The topological polar surface area (TPSA) is 50.2 Å². The normalized spacial score (nSPS) is 11.8. The monoisotopic (exact) mass is 293 g/mol. The van der Waals surface area contributed by atoms with E-state index in [2.05, 4.69) is 4.98 Å². The third-order valence-electron chi connectivity index (χ3n) is 2.78. The molecule has 0 unspecified atom stereocenters. The number of nitrogens with zero attached hydrogens (tertiary/aromatic N) is 1. The van der Waals surface area contributed by atoms with Gasteiger partial charge in [0.2, 0.25) is 0 Å². The summed E-state index contributed by atoms with van der Waals surface area (Å²) < 4.78 is 38.7. The van der Waals surface area contributed by atoms with Gasteiger partial charge in [0.25, 0.3) is 0 Å². The first-order valence-corrected chi connectivity index (χ1v) is 5.90. The summed E-state index contributed by atoms with van der Waals surface area (Å²) in [6.45, 7) is 0. The minimum atomic E-state index is -4.55.